The second-order valence-electron chi connectivity index (χ2n) is 10.5. The summed E-state index contributed by atoms with van der Waals surface area (Å²) in [5.74, 6) is -1.00. The van der Waals surface area contributed by atoms with Crippen LogP contribution in [0.4, 0.5) is 0 Å². The number of nitrogens with zero attached hydrogens (tertiary/aromatic N) is 3. The molecule has 1 unspecified atom stereocenters. The molecule has 1 fully saturated rings. The number of carbonyl (C=O) groups excluding carboxylic acids is 3. The zero-order chi connectivity index (χ0) is 27.8. The molecule has 0 saturated carbocycles. The van der Waals surface area contributed by atoms with Crippen LogP contribution in [0.3, 0.4) is 0 Å². The first-order valence-corrected chi connectivity index (χ1v) is 14.7. The molecule has 0 aliphatic carbocycles. The quantitative estimate of drug-likeness (QED) is 0.418. The molecule has 8 nitrogen and oxygen atoms in total. The number of aryl methyl sites for hydroxylation is 1. The van der Waals surface area contributed by atoms with Gasteiger partial charge in [0.25, 0.3) is 5.91 Å². The molecule has 5 rings (SSSR count). The van der Waals surface area contributed by atoms with Crippen molar-refractivity contribution < 1.29 is 19.5 Å². The molecule has 39 heavy (non-hydrogen) atoms. The molecular formula is C29H31BrN4O4S. The van der Waals surface area contributed by atoms with Crippen LogP contribution in [0.25, 0.3) is 10.4 Å². The van der Waals surface area contributed by atoms with E-state index in [0.717, 1.165) is 31.7 Å². The maximum absolute atomic E-state index is 13.9. The molecule has 10 heteroatoms. The Morgan fingerprint density at radius 3 is 2.62 bits per heavy atom. The van der Waals surface area contributed by atoms with Crippen LogP contribution in [0.15, 0.2) is 52.4 Å². The van der Waals surface area contributed by atoms with Crippen LogP contribution in [0.1, 0.15) is 47.4 Å². The summed E-state index contributed by atoms with van der Waals surface area (Å²) in [6.07, 6.45) is -0.644. The number of β-amino-alcohol motifs (C(OH)–C–C–N with tert-alkyl or cyclic N) is 1. The lowest BCUT2D eigenvalue weighted by atomic mass is 10.0. The number of aliphatic hydroxyl groups is 1. The van der Waals surface area contributed by atoms with Gasteiger partial charge in [0.1, 0.15) is 12.1 Å². The number of nitrogens with one attached hydrogen (secondary N) is 1. The van der Waals surface area contributed by atoms with E-state index in [1.54, 1.807) is 22.3 Å². The smallest absolute Gasteiger partial charge is 0.255 e. The average Bonchev–Trinajstić information content (AvgIpc) is 3.59. The lowest BCUT2D eigenvalue weighted by Gasteiger charge is -2.35. The predicted octanol–water partition coefficient (Wildman–Crippen LogP) is 4.14. The number of hydrogen-bond donors (Lipinski definition) is 2. The van der Waals surface area contributed by atoms with Crippen LogP contribution in [0.2, 0.25) is 0 Å². The van der Waals surface area contributed by atoms with E-state index in [2.05, 4.69) is 26.2 Å². The van der Waals surface area contributed by atoms with Crippen LogP contribution in [-0.4, -0.2) is 62.3 Å². The number of aliphatic hydroxyl groups excluding tert-OH is 1. The Hall–Kier alpha value is -3.08. The third-order valence-corrected chi connectivity index (χ3v) is 8.88. The predicted molar refractivity (Wildman–Crippen MR) is 153 cm³/mol. The van der Waals surface area contributed by atoms with E-state index in [0.29, 0.717) is 18.7 Å². The third kappa shape index (κ3) is 5.50. The first-order chi connectivity index (χ1) is 18.6. The number of fused-ring (bicyclic) bond motifs is 1. The summed E-state index contributed by atoms with van der Waals surface area (Å²) in [5, 5.41) is 13.4. The second-order valence-corrected chi connectivity index (χ2v) is 12.3. The SMILES string of the molecule is Cc1ncsc1-c1ccc(CNC(=O)[C@@H]2C[C@@H](O)CN2C(=O)C(C(C)C)N2Cc3cc(Br)ccc3C2=O)cc1. The van der Waals surface area contributed by atoms with Gasteiger partial charge in [-0.1, -0.05) is 54.0 Å². The van der Waals surface area contributed by atoms with Gasteiger partial charge in [-0.3, -0.25) is 14.4 Å². The minimum Gasteiger partial charge on any atom is -0.391 e. The van der Waals surface area contributed by atoms with E-state index < -0.39 is 18.2 Å². The van der Waals surface area contributed by atoms with Crippen molar-refractivity contribution in [3.8, 4) is 10.4 Å². The monoisotopic (exact) mass is 610 g/mol. The Balaban J connectivity index is 1.28. The van der Waals surface area contributed by atoms with Gasteiger partial charge in [0.05, 0.1) is 22.2 Å². The van der Waals surface area contributed by atoms with Crippen LogP contribution < -0.4 is 5.32 Å². The highest BCUT2D eigenvalue weighted by molar-refractivity contribution is 9.10. The largest absolute Gasteiger partial charge is 0.391 e. The van der Waals surface area contributed by atoms with E-state index >= 15 is 0 Å². The number of rotatable bonds is 7. The van der Waals surface area contributed by atoms with Crippen molar-refractivity contribution in [3.05, 3.63) is 74.8 Å². The van der Waals surface area contributed by atoms with Gasteiger partial charge < -0.3 is 20.2 Å². The second kappa shape index (κ2) is 11.2. The molecule has 3 aromatic rings. The molecule has 2 aromatic carbocycles. The number of aromatic nitrogens is 1. The fourth-order valence-corrected chi connectivity index (χ4v) is 6.67. The van der Waals surface area contributed by atoms with Crippen molar-refractivity contribution in [2.75, 3.05) is 6.54 Å². The minimum absolute atomic E-state index is 0.0591. The maximum Gasteiger partial charge on any atom is 0.255 e. The van der Waals surface area contributed by atoms with Gasteiger partial charge >= 0.3 is 0 Å². The number of amides is 3. The number of hydrogen-bond acceptors (Lipinski definition) is 6. The van der Waals surface area contributed by atoms with Crippen molar-refractivity contribution in [3.63, 3.8) is 0 Å². The number of carbonyl (C=O) groups is 3. The molecule has 3 atom stereocenters. The zero-order valence-electron chi connectivity index (χ0n) is 22.1. The van der Waals surface area contributed by atoms with Crippen molar-refractivity contribution in [1.29, 1.82) is 0 Å². The molecule has 2 aliphatic heterocycles. The summed E-state index contributed by atoms with van der Waals surface area (Å²) in [4.78, 5) is 48.8. The van der Waals surface area contributed by atoms with Crippen molar-refractivity contribution in [2.24, 2.45) is 5.92 Å². The summed E-state index contributed by atoms with van der Waals surface area (Å²) < 4.78 is 0.871. The Labute approximate surface area is 240 Å². The standard InChI is InChI=1S/C29H31BrN4O4S/c1-16(2)25(34-13-20-10-21(30)8-9-23(20)28(34)37)29(38)33-14-22(35)11-24(33)27(36)31-12-18-4-6-19(7-5-18)26-17(3)32-15-39-26/h4-10,15-16,22,24-25,35H,11-14H2,1-3H3,(H,31,36)/t22-,24+,25?/m1/s1. The first-order valence-electron chi connectivity index (χ1n) is 13.0. The normalized spacial score (nSPS) is 19.5. The number of benzene rings is 2. The minimum atomic E-state index is -0.804. The maximum atomic E-state index is 13.9. The van der Waals surface area contributed by atoms with E-state index in [1.807, 2.05) is 62.7 Å². The molecule has 3 amide bonds. The molecule has 204 valence electrons. The summed E-state index contributed by atoms with van der Waals surface area (Å²) in [6, 6.07) is 11.9. The molecule has 0 radical (unpaired) electrons. The fraction of sp³-hybridized carbons (Fsp3) is 0.379. The summed E-state index contributed by atoms with van der Waals surface area (Å²) in [6.45, 7) is 6.46. The molecule has 3 heterocycles. The fourth-order valence-electron chi connectivity index (χ4n) is 5.45. The summed E-state index contributed by atoms with van der Waals surface area (Å²) in [7, 11) is 0. The van der Waals surface area contributed by atoms with E-state index in [9.17, 15) is 19.5 Å². The number of thiazole rings is 1. The van der Waals surface area contributed by atoms with Crippen LogP contribution >= 0.6 is 27.3 Å². The average molecular weight is 612 g/mol. The van der Waals surface area contributed by atoms with Gasteiger partial charge in [-0.15, -0.1) is 11.3 Å². The molecule has 0 spiro atoms. The third-order valence-electron chi connectivity index (χ3n) is 7.41. The van der Waals surface area contributed by atoms with E-state index in [1.165, 1.54) is 4.90 Å². The molecule has 2 N–H and O–H groups in total. The molecule has 1 saturated heterocycles. The van der Waals surface area contributed by atoms with Crippen LogP contribution in [0, 0.1) is 12.8 Å². The van der Waals surface area contributed by atoms with Crippen molar-refractivity contribution in [2.45, 2.75) is 58.5 Å². The Bertz CT molecular complexity index is 1410. The number of halogens is 1. The van der Waals surface area contributed by atoms with Gasteiger partial charge in [-0.2, -0.15) is 0 Å². The van der Waals surface area contributed by atoms with Gasteiger partial charge in [0, 0.05) is 36.1 Å². The lowest BCUT2D eigenvalue weighted by molar-refractivity contribution is -0.143. The van der Waals surface area contributed by atoms with Gasteiger partial charge in [-0.05, 0) is 47.7 Å². The highest BCUT2D eigenvalue weighted by Crippen LogP contribution is 2.32. The zero-order valence-corrected chi connectivity index (χ0v) is 24.5. The highest BCUT2D eigenvalue weighted by Gasteiger charge is 2.45. The Morgan fingerprint density at radius 1 is 1.21 bits per heavy atom. The van der Waals surface area contributed by atoms with Crippen molar-refractivity contribution >= 4 is 45.0 Å². The van der Waals surface area contributed by atoms with Crippen LogP contribution in [0.5, 0.6) is 0 Å². The van der Waals surface area contributed by atoms with E-state index in [-0.39, 0.29) is 36.6 Å². The first kappa shape index (κ1) is 27.5. The van der Waals surface area contributed by atoms with Crippen molar-refractivity contribution in [1.82, 2.24) is 20.1 Å². The Kier molecular flexibility index (Phi) is 7.89. The van der Waals surface area contributed by atoms with E-state index in [4.69, 9.17) is 0 Å². The summed E-state index contributed by atoms with van der Waals surface area (Å²) in [5.41, 5.74) is 6.26. The Morgan fingerprint density at radius 2 is 1.95 bits per heavy atom. The molecule has 1 aromatic heterocycles. The summed E-state index contributed by atoms with van der Waals surface area (Å²) >= 11 is 5.04. The molecule has 2 aliphatic rings. The van der Waals surface area contributed by atoms with Crippen LogP contribution in [-0.2, 0) is 22.7 Å². The van der Waals surface area contributed by atoms with Gasteiger partial charge in [0.15, 0.2) is 0 Å². The molecule has 0 bridgehead atoms. The lowest BCUT2D eigenvalue weighted by Crippen LogP contribution is -2.55. The van der Waals surface area contributed by atoms with Gasteiger partial charge in [0.2, 0.25) is 11.8 Å². The number of likely N-dealkylation sites (tertiary alicyclic amines) is 1. The highest BCUT2D eigenvalue weighted by atomic mass is 79.9. The van der Waals surface area contributed by atoms with Gasteiger partial charge in [-0.25, -0.2) is 4.98 Å². The topological polar surface area (TPSA) is 103 Å². The molecular weight excluding hydrogens is 580 g/mol.